The van der Waals surface area contributed by atoms with Crippen LogP contribution >= 0.6 is 0 Å². The second-order valence-corrected chi connectivity index (χ2v) is 7.82. The fourth-order valence-electron chi connectivity index (χ4n) is 4.31. The molecule has 5 rings (SSSR count). The highest BCUT2D eigenvalue weighted by atomic mass is 15.0. The number of aryl methyl sites for hydroxylation is 1. The van der Waals surface area contributed by atoms with E-state index in [0.29, 0.717) is 0 Å². The van der Waals surface area contributed by atoms with Gasteiger partial charge in [0.05, 0.1) is 0 Å². The Morgan fingerprint density at radius 3 is 1.90 bits per heavy atom. The van der Waals surface area contributed by atoms with Crippen molar-refractivity contribution in [1.29, 1.82) is 0 Å². The van der Waals surface area contributed by atoms with E-state index in [1.54, 1.807) is 0 Å². The van der Waals surface area contributed by atoms with Crippen LogP contribution < -0.4 is 0 Å². The van der Waals surface area contributed by atoms with Crippen LogP contribution in [0.25, 0.3) is 51.2 Å². The van der Waals surface area contributed by atoms with Crippen molar-refractivity contribution in [2.24, 2.45) is 0 Å². The predicted molar refractivity (Wildman–Crippen MR) is 136 cm³/mol. The Balaban J connectivity index is 1.43. The van der Waals surface area contributed by atoms with E-state index >= 15 is 0 Å². The SMILES string of the molecule is C=Cc1ccc(-c2ccc(C=Cc3ccc4c(c3)c3ccccc3n4CC)cc2)cc1. The first-order valence-corrected chi connectivity index (χ1v) is 10.8. The number of aromatic nitrogens is 1. The van der Waals surface area contributed by atoms with E-state index in [1.807, 2.05) is 6.08 Å². The fourth-order valence-corrected chi connectivity index (χ4v) is 4.31. The monoisotopic (exact) mass is 399 g/mol. The summed E-state index contributed by atoms with van der Waals surface area (Å²) in [5, 5.41) is 2.64. The summed E-state index contributed by atoms with van der Waals surface area (Å²) in [5.74, 6) is 0. The topological polar surface area (TPSA) is 4.93 Å². The molecule has 4 aromatic carbocycles. The van der Waals surface area contributed by atoms with Gasteiger partial charge in [-0.2, -0.15) is 0 Å². The maximum atomic E-state index is 3.82. The molecule has 1 aromatic heterocycles. The van der Waals surface area contributed by atoms with Crippen molar-refractivity contribution in [3.05, 3.63) is 114 Å². The number of benzene rings is 4. The highest BCUT2D eigenvalue weighted by Gasteiger charge is 2.08. The molecule has 0 N–H and O–H groups in total. The van der Waals surface area contributed by atoms with Crippen molar-refractivity contribution in [2.45, 2.75) is 13.5 Å². The van der Waals surface area contributed by atoms with Gasteiger partial charge in [-0.05, 0) is 52.9 Å². The lowest BCUT2D eigenvalue weighted by atomic mass is 10.0. The lowest BCUT2D eigenvalue weighted by Crippen LogP contribution is -1.92. The molecule has 0 saturated heterocycles. The van der Waals surface area contributed by atoms with E-state index in [2.05, 4.69) is 121 Å². The standard InChI is InChI=1S/C30H25N/c1-3-22-11-16-25(17-12-22)26-18-13-23(14-19-26)9-10-24-15-20-30-28(21-24)27-7-5-6-8-29(27)31(30)4-2/h3,5-21H,1,4H2,2H3. The van der Waals surface area contributed by atoms with E-state index in [4.69, 9.17) is 0 Å². The zero-order valence-electron chi connectivity index (χ0n) is 17.8. The van der Waals surface area contributed by atoms with Crippen molar-refractivity contribution < 1.29 is 0 Å². The average Bonchev–Trinajstić information content (AvgIpc) is 3.16. The summed E-state index contributed by atoms with van der Waals surface area (Å²) < 4.78 is 2.39. The second kappa shape index (κ2) is 8.12. The smallest absolute Gasteiger partial charge is 0.0491 e. The molecule has 1 heteroatoms. The number of rotatable bonds is 5. The summed E-state index contributed by atoms with van der Waals surface area (Å²) in [6, 6.07) is 32.6. The molecule has 1 heterocycles. The highest BCUT2D eigenvalue weighted by molar-refractivity contribution is 6.08. The molecule has 31 heavy (non-hydrogen) atoms. The summed E-state index contributed by atoms with van der Waals surface area (Å²) in [7, 11) is 0. The quantitative estimate of drug-likeness (QED) is 0.262. The summed E-state index contributed by atoms with van der Waals surface area (Å²) in [6.45, 7) is 7.00. The first kappa shape index (κ1) is 19.1. The van der Waals surface area contributed by atoms with Gasteiger partial charge in [-0.3, -0.25) is 0 Å². The molecule has 5 aromatic rings. The molecule has 1 nitrogen and oxygen atoms in total. The Labute approximate surface area is 183 Å². The van der Waals surface area contributed by atoms with E-state index in [-0.39, 0.29) is 0 Å². The van der Waals surface area contributed by atoms with Gasteiger partial charge in [-0.15, -0.1) is 0 Å². The largest absolute Gasteiger partial charge is 0.341 e. The summed E-state index contributed by atoms with van der Waals surface area (Å²) in [6.07, 6.45) is 6.26. The number of hydrogen-bond donors (Lipinski definition) is 0. The third-order valence-electron chi connectivity index (χ3n) is 5.97. The van der Waals surface area contributed by atoms with Crippen LogP contribution in [-0.2, 0) is 6.54 Å². The minimum Gasteiger partial charge on any atom is -0.341 e. The first-order valence-electron chi connectivity index (χ1n) is 10.8. The molecule has 0 unspecified atom stereocenters. The van der Waals surface area contributed by atoms with Crippen LogP contribution in [0.15, 0.2) is 97.6 Å². The van der Waals surface area contributed by atoms with Crippen molar-refractivity contribution >= 4 is 40.0 Å². The van der Waals surface area contributed by atoms with Gasteiger partial charge in [-0.25, -0.2) is 0 Å². The van der Waals surface area contributed by atoms with E-state index in [9.17, 15) is 0 Å². The molecule has 0 amide bonds. The Bertz CT molecular complexity index is 1400. The first-order chi connectivity index (χ1) is 15.3. The molecule has 0 aliphatic heterocycles. The van der Waals surface area contributed by atoms with Gasteiger partial charge >= 0.3 is 0 Å². The summed E-state index contributed by atoms with van der Waals surface area (Å²) >= 11 is 0. The molecule has 0 radical (unpaired) electrons. The van der Waals surface area contributed by atoms with Gasteiger partial charge in [0.1, 0.15) is 0 Å². The Hall–Kier alpha value is -3.84. The van der Waals surface area contributed by atoms with Gasteiger partial charge in [0.25, 0.3) is 0 Å². The van der Waals surface area contributed by atoms with Crippen LogP contribution in [-0.4, -0.2) is 4.57 Å². The number of para-hydroxylation sites is 1. The molecule has 0 aliphatic carbocycles. The number of nitrogens with zero attached hydrogens (tertiary/aromatic N) is 1. The summed E-state index contributed by atoms with van der Waals surface area (Å²) in [5.41, 5.74) is 8.60. The van der Waals surface area contributed by atoms with Gasteiger partial charge in [0.15, 0.2) is 0 Å². The van der Waals surface area contributed by atoms with Crippen molar-refractivity contribution in [1.82, 2.24) is 4.57 Å². The molecule has 0 fully saturated rings. The van der Waals surface area contributed by atoms with Crippen LogP contribution in [0.4, 0.5) is 0 Å². The average molecular weight is 400 g/mol. The third-order valence-corrected chi connectivity index (χ3v) is 5.97. The second-order valence-electron chi connectivity index (χ2n) is 7.82. The molecular formula is C30H25N. The predicted octanol–water partition coefficient (Wildman–Crippen LogP) is 8.29. The van der Waals surface area contributed by atoms with E-state index < -0.39 is 0 Å². The molecule has 0 saturated carbocycles. The van der Waals surface area contributed by atoms with Gasteiger partial charge in [0.2, 0.25) is 0 Å². The minimum atomic E-state index is 0.974. The molecule has 0 aliphatic rings. The Morgan fingerprint density at radius 1 is 0.645 bits per heavy atom. The maximum Gasteiger partial charge on any atom is 0.0491 e. The highest BCUT2D eigenvalue weighted by Crippen LogP contribution is 2.30. The van der Waals surface area contributed by atoms with Gasteiger partial charge < -0.3 is 4.57 Å². The zero-order chi connectivity index (χ0) is 21.2. The minimum absolute atomic E-state index is 0.974. The number of fused-ring (bicyclic) bond motifs is 3. The van der Waals surface area contributed by atoms with E-state index in [1.165, 1.54) is 44.1 Å². The maximum absolute atomic E-state index is 3.82. The normalized spacial score (nSPS) is 11.5. The van der Waals surface area contributed by atoms with Crippen molar-refractivity contribution in [3.8, 4) is 11.1 Å². The van der Waals surface area contributed by atoms with Crippen LogP contribution in [0.2, 0.25) is 0 Å². The third kappa shape index (κ3) is 3.60. The van der Waals surface area contributed by atoms with Gasteiger partial charge in [-0.1, -0.05) is 97.6 Å². The Kier molecular flexibility index (Phi) is 5.01. The van der Waals surface area contributed by atoms with Crippen LogP contribution in [0.3, 0.4) is 0 Å². The zero-order valence-corrected chi connectivity index (χ0v) is 17.8. The Morgan fingerprint density at radius 2 is 1.23 bits per heavy atom. The fraction of sp³-hybridized carbons (Fsp3) is 0.0667. The van der Waals surface area contributed by atoms with Crippen molar-refractivity contribution in [2.75, 3.05) is 0 Å². The molecular weight excluding hydrogens is 374 g/mol. The number of hydrogen-bond acceptors (Lipinski definition) is 0. The summed E-state index contributed by atoms with van der Waals surface area (Å²) in [4.78, 5) is 0. The lowest BCUT2D eigenvalue weighted by molar-refractivity contribution is 0.827. The molecule has 0 bridgehead atoms. The van der Waals surface area contributed by atoms with Crippen LogP contribution in [0.5, 0.6) is 0 Å². The van der Waals surface area contributed by atoms with Crippen molar-refractivity contribution in [3.63, 3.8) is 0 Å². The van der Waals surface area contributed by atoms with Gasteiger partial charge in [0, 0.05) is 28.4 Å². The molecule has 0 spiro atoms. The molecule has 150 valence electrons. The van der Waals surface area contributed by atoms with Crippen LogP contribution in [0.1, 0.15) is 23.6 Å². The molecule has 0 atom stereocenters. The van der Waals surface area contributed by atoms with E-state index in [0.717, 1.165) is 12.1 Å². The van der Waals surface area contributed by atoms with Crippen LogP contribution in [0, 0.1) is 0 Å². The lowest BCUT2D eigenvalue weighted by Gasteiger charge is -2.04.